The first-order valence-corrected chi connectivity index (χ1v) is 6.72. The van der Waals surface area contributed by atoms with E-state index >= 15 is 0 Å². The molecule has 5 nitrogen and oxygen atoms in total. The van der Waals surface area contributed by atoms with E-state index in [0.29, 0.717) is 25.6 Å². The summed E-state index contributed by atoms with van der Waals surface area (Å²) in [5.41, 5.74) is 5.12. The Morgan fingerprint density at radius 3 is 2.33 bits per heavy atom. The van der Waals surface area contributed by atoms with Crippen LogP contribution in [0.5, 0.6) is 0 Å². The summed E-state index contributed by atoms with van der Waals surface area (Å²) in [6.07, 6.45) is -2.05. The largest absolute Gasteiger partial charge is 0.419 e. The first kappa shape index (κ1) is 17.8. The Balaban J connectivity index is 3.02. The Bertz CT molecular complexity index is 438. The summed E-state index contributed by atoms with van der Waals surface area (Å²) in [6.45, 7) is 3.47. The van der Waals surface area contributed by atoms with Crippen molar-refractivity contribution in [2.24, 2.45) is 5.73 Å². The van der Waals surface area contributed by atoms with Crippen LogP contribution in [0, 0.1) is 0 Å². The average Bonchev–Trinajstić information content (AvgIpc) is 2.44. The van der Waals surface area contributed by atoms with Crippen LogP contribution >= 0.6 is 0 Å². The summed E-state index contributed by atoms with van der Waals surface area (Å²) < 4.78 is 43.0. The molecule has 0 amide bonds. The van der Waals surface area contributed by atoms with Crippen molar-refractivity contribution in [1.29, 1.82) is 0 Å². The second-order valence-electron chi connectivity index (χ2n) is 5.23. The lowest BCUT2D eigenvalue weighted by molar-refractivity contribution is -0.138. The summed E-state index contributed by atoms with van der Waals surface area (Å²) in [4.78, 5) is 7.78. The highest BCUT2D eigenvalue weighted by atomic mass is 19.4. The summed E-state index contributed by atoms with van der Waals surface area (Å²) in [5.74, 6) is 0.309. The van der Waals surface area contributed by atoms with Crippen LogP contribution in [-0.2, 0) is 10.9 Å². The van der Waals surface area contributed by atoms with E-state index in [1.165, 1.54) is 0 Å². The molecule has 1 aromatic heterocycles. The minimum Gasteiger partial charge on any atom is -0.379 e. The number of quaternary nitrogens is 1. The van der Waals surface area contributed by atoms with Gasteiger partial charge in [-0.15, -0.1) is 0 Å². The lowest BCUT2D eigenvalue weighted by atomic mass is 10.2. The standard InChI is InChI=1S/C13H22F3N4O/c1-4-11(17)9-20(2,5-6-21-3)12-18-7-10(8-19-12)13(14,15)16/h7-8,11H,4-6,9,17H2,1-3H3/q+1/t11?,20-/m1/s1. The van der Waals surface area contributed by atoms with E-state index in [0.717, 1.165) is 18.8 Å². The molecule has 0 aromatic carbocycles. The SMILES string of the molecule is CCC(N)C[N@@+](C)(CCOC)c1ncc(C(F)(F)F)cn1. The van der Waals surface area contributed by atoms with Gasteiger partial charge in [0.1, 0.15) is 13.1 Å². The Morgan fingerprint density at radius 1 is 1.33 bits per heavy atom. The molecule has 2 atom stereocenters. The van der Waals surface area contributed by atoms with Gasteiger partial charge in [0.2, 0.25) is 0 Å². The molecule has 0 radical (unpaired) electrons. The lowest BCUT2D eigenvalue weighted by Gasteiger charge is -2.33. The Hall–Kier alpha value is -1.25. The van der Waals surface area contributed by atoms with Crippen molar-refractivity contribution in [2.75, 3.05) is 33.9 Å². The quantitative estimate of drug-likeness (QED) is 0.781. The molecule has 0 saturated carbocycles. The fourth-order valence-corrected chi connectivity index (χ4v) is 1.96. The molecule has 1 aromatic rings. The number of methoxy groups -OCH3 is 1. The van der Waals surface area contributed by atoms with E-state index in [1.807, 2.05) is 14.0 Å². The van der Waals surface area contributed by atoms with E-state index in [4.69, 9.17) is 10.5 Å². The van der Waals surface area contributed by atoms with Crippen molar-refractivity contribution in [2.45, 2.75) is 25.6 Å². The van der Waals surface area contributed by atoms with E-state index in [2.05, 4.69) is 9.97 Å². The minimum atomic E-state index is -4.44. The second-order valence-corrected chi connectivity index (χ2v) is 5.23. The summed E-state index contributed by atoms with van der Waals surface area (Å²) in [6, 6.07) is -0.0854. The minimum absolute atomic E-state index is 0.0854. The second kappa shape index (κ2) is 7.15. The van der Waals surface area contributed by atoms with Crippen LogP contribution in [0.2, 0.25) is 0 Å². The molecule has 120 valence electrons. The molecule has 0 aliphatic rings. The fraction of sp³-hybridized carbons (Fsp3) is 0.692. The number of rotatable bonds is 7. The molecule has 1 heterocycles. The number of halogens is 3. The molecule has 0 saturated heterocycles. The van der Waals surface area contributed by atoms with Gasteiger partial charge in [0.25, 0.3) is 0 Å². The van der Waals surface area contributed by atoms with Crippen LogP contribution in [0.25, 0.3) is 0 Å². The lowest BCUT2D eigenvalue weighted by Crippen LogP contribution is -2.54. The van der Waals surface area contributed by atoms with Crippen molar-refractivity contribution in [1.82, 2.24) is 14.5 Å². The van der Waals surface area contributed by atoms with Crippen LogP contribution in [0.1, 0.15) is 18.9 Å². The first-order valence-electron chi connectivity index (χ1n) is 6.72. The zero-order valence-electron chi connectivity index (χ0n) is 12.5. The molecular formula is C13H22F3N4O+. The number of likely N-dealkylation sites (N-methyl/N-ethyl adjacent to an activating group) is 1. The zero-order valence-corrected chi connectivity index (χ0v) is 12.5. The highest BCUT2D eigenvalue weighted by Crippen LogP contribution is 2.29. The third-order valence-electron chi connectivity index (χ3n) is 3.40. The van der Waals surface area contributed by atoms with Crippen LogP contribution in [0.15, 0.2) is 12.4 Å². The maximum atomic E-state index is 12.6. The van der Waals surface area contributed by atoms with Crippen molar-refractivity contribution in [3.8, 4) is 0 Å². The zero-order chi connectivity index (χ0) is 16.1. The van der Waals surface area contributed by atoms with Gasteiger partial charge >= 0.3 is 12.1 Å². The van der Waals surface area contributed by atoms with Crippen LogP contribution in [-0.4, -0.2) is 49.9 Å². The molecule has 0 bridgehead atoms. The first-order chi connectivity index (χ1) is 9.73. The summed E-state index contributed by atoms with van der Waals surface area (Å²) in [7, 11) is 3.41. The molecule has 0 aliphatic carbocycles. The third-order valence-corrected chi connectivity index (χ3v) is 3.40. The predicted octanol–water partition coefficient (Wildman–Crippen LogP) is 1.82. The smallest absolute Gasteiger partial charge is 0.379 e. The number of nitrogens with two attached hydrogens (primary N) is 1. The number of alkyl halides is 3. The van der Waals surface area contributed by atoms with Gasteiger partial charge in [-0.25, -0.2) is 0 Å². The molecule has 0 fully saturated rings. The van der Waals surface area contributed by atoms with Gasteiger partial charge in [0, 0.05) is 19.5 Å². The van der Waals surface area contributed by atoms with E-state index in [9.17, 15) is 13.2 Å². The third kappa shape index (κ3) is 4.90. The van der Waals surface area contributed by atoms with Gasteiger partial charge in [0.05, 0.1) is 25.3 Å². The van der Waals surface area contributed by atoms with E-state index in [1.54, 1.807) is 7.11 Å². The van der Waals surface area contributed by atoms with Crippen LogP contribution in [0.4, 0.5) is 19.1 Å². The van der Waals surface area contributed by atoms with Gasteiger partial charge in [0.15, 0.2) is 0 Å². The number of nitrogens with zero attached hydrogens (tertiary/aromatic N) is 3. The Labute approximate surface area is 122 Å². The van der Waals surface area contributed by atoms with E-state index < -0.39 is 11.7 Å². The molecule has 1 rings (SSSR count). The van der Waals surface area contributed by atoms with Crippen molar-refractivity contribution >= 4 is 5.95 Å². The van der Waals surface area contributed by atoms with Gasteiger partial charge in [-0.2, -0.15) is 23.1 Å². The fourth-order valence-electron chi connectivity index (χ4n) is 1.96. The van der Waals surface area contributed by atoms with Crippen molar-refractivity contribution in [3.63, 3.8) is 0 Å². The summed E-state index contributed by atoms with van der Waals surface area (Å²) in [5, 5.41) is 0. The molecule has 21 heavy (non-hydrogen) atoms. The Morgan fingerprint density at radius 2 is 1.90 bits per heavy atom. The van der Waals surface area contributed by atoms with Crippen LogP contribution in [0.3, 0.4) is 0 Å². The van der Waals surface area contributed by atoms with Gasteiger partial charge < -0.3 is 10.5 Å². The molecule has 0 spiro atoms. The summed E-state index contributed by atoms with van der Waals surface area (Å²) >= 11 is 0. The number of aromatic nitrogens is 2. The average molecular weight is 307 g/mol. The Kier molecular flexibility index (Phi) is 6.06. The molecule has 2 N–H and O–H groups in total. The highest BCUT2D eigenvalue weighted by Gasteiger charge is 2.34. The van der Waals surface area contributed by atoms with Crippen LogP contribution < -0.4 is 10.2 Å². The monoisotopic (exact) mass is 307 g/mol. The molecule has 1 unspecified atom stereocenters. The normalized spacial score (nSPS) is 16.5. The van der Waals surface area contributed by atoms with Crippen molar-refractivity contribution in [3.05, 3.63) is 18.0 Å². The topological polar surface area (TPSA) is 61.0 Å². The van der Waals surface area contributed by atoms with Gasteiger partial charge in [-0.3, -0.25) is 4.48 Å². The molecule has 0 aliphatic heterocycles. The molecular weight excluding hydrogens is 285 g/mol. The van der Waals surface area contributed by atoms with Gasteiger partial charge in [-0.05, 0) is 6.42 Å². The number of hydrogen-bond acceptors (Lipinski definition) is 4. The number of ether oxygens (including phenoxy) is 1. The van der Waals surface area contributed by atoms with E-state index in [-0.39, 0.29) is 10.5 Å². The molecule has 8 heteroatoms. The predicted molar refractivity (Wildman–Crippen MR) is 74.6 cm³/mol. The highest BCUT2D eigenvalue weighted by molar-refractivity contribution is 5.26. The maximum absolute atomic E-state index is 12.6. The number of hydrogen-bond donors (Lipinski definition) is 1. The van der Waals surface area contributed by atoms with Gasteiger partial charge in [-0.1, -0.05) is 6.92 Å². The van der Waals surface area contributed by atoms with Crippen molar-refractivity contribution < 1.29 is 17.9 Å². The maximum Gasteiger partial charge on any atom is 0.419 e.